The molecule has 2 N–H and O–H groups in total. The van der Waals surface area contributed by atoms with Crippen LogP contribution in [-0.4, -0.2) is 23.0 Å². The maximum Gasteiger partial charge on any atom is 0.335 e. The van der Waals surface area contributed by atoms with Gasteiger partial charge in [-0.2, -0.15) is 0 Å². The molecule has 172 valence electrons. The molecular formula is C24H15Br2FN2O5. The van der Waals surface area contributed by atoms with Crippen molar-refractivity contribution in [3.8, 4) is 11.5 Å². The SMILES string of the molecule is O=C1NC(=O)N(c2ccc(O)cc2)C(=O)/C1=C/c1cc(Br)cc(Br)c1OCc1ccc(F)cc1. The van der Waals surface area contributed by atoms with Crippen LogP contribution in [-0.2, 0) is 16.2 Å². The van der Waals surface area contributed by atoms with Gasteiger partial charge in [0.1, 0.15) is 29.5 Å². The first-order valence-corrected chi connectivity index (χ1v) is 11.4. The van der Waals surface area contributed by atoms with Crippen molar-refractivity contribution >= 4 is 61.5 Å². The molecule has 1 fully saturated rings. The molecule has 0 unspecified atom stereocenters. The van der Waals surface area contributed by atoms with Crippen molar-refractivity contribution in [3.63, 3.8) is 0 Å². The highest BCUT2D eigenvalue weighted by Crippen LogP contribution is 2.35. The summed E-state index contributed by atoms with van der Waals surface area (Å²) in [6, 6.07) is 13.7. The maximum absolute atomic E-state index is 13.2. The van der Waals surface area contributed by atoms with Gasteiger partial charge in [-0.1, -0.05) is 28.1 Å². The third-order valence-corrected chi connectivity index (χ3v) is 5.89. The molecule has 1 aliphatic heterocycles. The van der Waals surface area contributed by atoms with Gasteiger partial charge >= 0.3 is 6.03 Å². The molecule has 1 aliphatic rings. The summed E-state index contributed by atoms with van der Waals surface area (Å²) in [6.07, 6.45) is 1.33. The predicted octanol–water partition coefficient (Wildman–Crippen LogP) is 5.30. The van der Waals surface area contributed by atoms with Crippen LogP contribution in [0.25, 0.3) is 6.08 Å². The van der Waals surface area contributed by atoms with Crippen molar-refractivity contribution in [2.45, 2.75) is 6.61 Å². The van der Waals surface area contributed by atoms with E-state index in [0.717, 1.165) is 4.90 Å². The number of nitrogens with one attached hydrogen (secondary N) is 1. The molecule has 0 aromatic heterocycles. The van der Waals surface area contributed by atoms with Gasteiger partial charge in [-0.25, -0.2) is 14.1 Å². The Labute approximate surface area is 210 Å². The summed E-state index contributed by atoms with van der Waals surface area (Å²) >= 11 is 6.81. The smallest absolute Gasteiger partial charge is 0.335 e. The van der Waals surface area contributed by atoms with Gasteiger partial charge in [0.2, 0.25) is 0 Å². The first-order valence-electron chi connectivity index (χ1n) is 9.79. The number of barbiturate groups is 1. The number of hydrogen-bond acceptors (Lipinski definition) is 5. The lowest BCUT2D eigenvalue weighted by Crippen LogP contribution is -2.54. The minimum atomic E-state index is -0.902. The highest BCUT2D eigenvalue weighted by Gasteiger charge is 2.37. The number of anilines is 1. The topological polar surface area (TPSA) is 95.9 Å². The van der Waals surface area contributed by atoms with Crippen molar-refractivity contribution in [2.24, 2.45) is 0 Å². The molecule has 0 atom stereocenters. The fourth-order valence-corrected chi connectivity index (χ4v) is 4.60. The molecule has 7 nitrogen and oxygen atoms in total. The number of nitrogens with zero attached hydrogens (tertiary/aromatic N) is 1. The zero-order valence-electron chi connectivity index (χ0n) is 17.2. The van der Waals surface area contributed by atoms with E-state index in [2.05, 4.69) is 37.2 Å². The molecule has 10 heteroatoms. The number of rotatable bonds is 5. The number of phenolic OH excluding ortho intramolecular Hbond substituents is 1. The number of aromatic hydroxyl groups is 1. The molecule has 0 radical (unpaired) electrons. The summed E-state index contributed by atoms with van der Waals surface area (Å²) in [5.74, 6) is -1.75. The lowest BCUT2D eigenvalue weighted by atomic mass is 10.1. The van der Waals surface area contributed by atoms with E-state index in [4.69, 9.17) is 4.74 Å². The summed E-state index contributed by atoms with van der Waals surface area (Å²) in [5, 5.41) is 11.6. The van der Waals surface area contributed by atoms with Crippen molar-refractivity contribution < 1.29 is 28.6 Å². The molecule has 1 saturated heterocycles. The highest BCUT2D eigenvalue weighted by molar-refractivity contribution is 9.11. The lowest BCUT2D eigenvalue weighted by molar-refractivity contribution is -0.122. The van der Waals surface area contributed by atoms with Crippen LogP contribution in [0, 0.1) is 5.82 Å². The standard InChI is InChI=1S/C24H15Br2FN2O5/c25-15-9-14(21(20(26)11-15)34-12-13-1-3-16(27)4-2-13)10-19-22(31)28-24(33)29(23(19)32)17-5-7-18(30)8-6-17/h1-11,30H,12H2,(H,28,31,33)/b19-10+. The average Bonchev–Trinajstić information content (AvgIpc) is 2.78. The normalized spacial score (nSPS) is 15.0. The molecule has 0 bridgehead atoms. The van der Waals surface area contributed by atoms with Gasteiger partial charge in [-0.3, -0.25) is 14.9 Å². The summed E-state index contributed by atoms with van der Waals surface area (Å²) in [5.41, 5.74) is 0.999. The number of phenols is 1. The minimum absolute atomic E-state index is 0.0395. The molecule has 34 heavy (non-hydrogen) atoms. The Morgan fingerprint density at radius 2 is 1.68 bits per heavy atom. The number of halogens is 3. The second-order valence-electron chi connectivity index (χ2n) is 7.20. The Morgan fingerprint density at radius 1 is 1.00 bits per heavy atom. The van der Waals surface area contributed by atoms with Crippen LogP contribution in [0.5, 0.6) is 11.5 Å². The van der Waals surface area contributed by atoms with Gasteiger partial charge in [-0.15, -0.1) is 0 Å². The molecule has 0 spiro atoms. The van der Waals surface area contributed by atoms with Crippen LogP contribution in [0.3, 0.4) is 0 Å². The zero-order chi connectivity index (χ0) is 24.4. The van der Waals surface area contributed by atoms with Gasteiger partial charge in [0.05, 0.1) is 10.2 Å². The maximum atomic E-state index is 13.2. The van der Waals surface area contributed by atoms with E-state index in [9.17, 15) is 23.9 Å². The number of hydrogen-bond donors (Lipinski definition) is 2. The molecule has 1 heterocycles. The number of urea groups is 1. The number of benzene rings is 3. The summed E-state index contributed by atoms with van der Waals surface area (Å²) in [7, 11) is 0. The Kier molecular flexibility index (Phi) is 6.80. The van der Waals surface area contributed by atoms with Crippen LogP contribution in [0.1, 0.15) is 11.1 Å². The summed E-state index contributed by atoms with van der Waals surface area (Å²) < 4.78 is 20.3. The van der Waals surface area contributed by atoms with E-state index < -0.39 is 17.8 Å². The second-order valence-corrected chi connectivity index (χ2v) is 8.97. The van der Waals surface area contributed by atoms with Crippen molar-refractivity contribution in [1.82, 2.24) is 5.32 Å². The Hall–Kier alpha value is -3.50. The number of imide groups is 2. The predicted molar refractivity (Wildman–Crippen MR) is 130 cm³/mol. The molecule has 0 aliphatic carbocycles. The first kappa shape index (κ1) is 23.7. The average molecular weight is 590 g/mol. The van der Waals surface area contributed by atoms with E-state index in [1.165, 1.54) is 42.5 Å². The van der Waals surface area contributed by atoms with Crippen LogP contribution < -0.4 is 15.0 Å². The van der Waals surface area contributed by atoms with E-state index in [1.54, 1.807) is 24.3 Å². The molecule has 0 saturated carbocycles. The number of carbonyl (C=O) groups excluding carboxylic acids is 3. The fraction of sp³-hybridized carbons (Fsp3) is 0.0417. The minimum Gasteiger partial charge on any atom is -0.508 e. The molecular weight excluding hydrogens is 575 g/mol. The quantitative estimate of drug-likeness (QED) is 0.311. The lowest BCUT2D eigenvalue weighted by Gasteiger charge is -2.26. The number of amides is 4. The van der Waals surface area contributed by atoms with E-state index in [0.29, 0.717) is 25.8 Å². The van der Waals surface area contributed by atoms with Gasteiger partial charge in [0, 0.05) is 10.0 Å². The van der Waals surface area contributed by atoms with E-state index in [-0.39, 0.29) is 29.4 Å². The van der Waals surface area contributed by atoms with Crippen molar-refractivity contribution in [3.05, 3.63) is 92.1 Å². The van der Waals surface area contributed by atoms with Gasteiger partial charge in [0.15, 0.2) is 0 Å². The highest BCUT2D eigenvalue weighted by atomic mass is 79.9. The van der Waals surface area contributed by atoms with Crippen LogP contribution in [0.15, 0.2) is 75.2 Å². The molecule has 3 aromatic carbocycles. The summed E-state index contributed by atoms with van der Waals surface area (Å²) in [6.45, 7) is 0.106. The van der Waals surface area contributed by atoms with Gasteiger partial charge in [0.25, 0.3) is 11.8 Å². The zero-order valence-corrected chi connectivity index (χ0v) is 20.4. The second kappa shape index (κ2) is 9.78. The van der Waals surface area contributed by atoms with Crippen LogP contribution in [0.4, 0.5) is 14.9 Å². The Morgan fingerprint density at radius 3 is 2.35 bits per heavy atom. The third kappa shape index (κ3) is 5.02. The van der Waals surface area contributed by atoms with Crippen molar-refractivity contribution in [1.29, 1.82) is 0 Å². The molecule has 4 amide bonds. The van der Waals surface area contributed by atoms with Gasteiger partial charge in [-0.05, 0) is 76.1 Å². The Balaban J connectivity index is 1.70. The van der Waals surface area contributed by atoms with Gasteiger partial charge < -0.3 is 9.84 Å². The monoisotopic (exact) mass is 588 g/mol. The number of ether oxygens (including phenoxy) is 1. The summed E-state index contributed by atoms with van der Waals surface area (Å²) in [4.78, 5) is 38.9. The molecule has 4 rings (SSSR count). The Bertz CT molecular complexity index is 1320. The van der Waals surface area contributed by atoms with E-state index in [1.807, 2.05) is 0 Å². The first-order chi connectivity index (χ1) is 16.2. The molecule has 3 aromatic rings. The fourth-order valence-electron chi connectivity index (χ4n) is 3.23. The van der Waals surface area contributed by atoms with E-state index >= 15 is 0 Å². The van der Waals surface area contributed by atoms with Crippen LogP contribution >= 0.6 is 31.9 Å². The van der Waals surface area contributed by atoms with Crippen molar-refractivity contribution in [2.75, 3.05) is 4.90 Å². The third-order valence-electron chi connectivity index (χ3n) is 4.84. The largest absolute Gasteiger partial charge is 0.508 e. The number of carbonyl (C=O) groups is 3. The van der Waals surface area contributed by atoms with Crippen LogP contribution in [0.2, 0.25) is 0 Å².